The van der Waals surface area contributed by atoms with Gasteiger partial charge in [0.05, 0.1) is 0 Å². The van der Waals surface area contributed by atoms with Gasteiger partial charge in [-0.15, -0.1) is 0 Å². The van der Waals surface area contributed by atoms with E-state index in [0.29, 0.717) is 12.5 Å². The molecule has 0 aliphatic heterocycles. The number of carboxylic acid groups (broad SMARTS) is 1. The molecule has 1 aromatic carbocycles. The molecule has 2 rings (SSSR count). The van der Waals surface area contributed by atoms with Crippen molar-refractivity contribution in [1.29, 1.82) is 0 Å². The van der Waals surface area contributed by atoms with Gasteiger partial charge in [-0.3, -0.25) is 4.79 Å². The maximum Gasteiger partial charge on any atom is 0.303 e. The van der Waals surface area contributed by atoms with Crippen LogP contribution in [-0.4, -0.2) is 23.7 Å². The van der Waals surface area contributed by atoms with Crippen molar-refractivity contribution in [2.45, 2.75) is 45.1 Å². The predicted molar refractivity (Wildman–Crippen MR) is 77.5 cm³/mol. The van der Waals surface area contributed by atoms with E-state index in [4.69, 9.17) is 5.11 Å². The number of benzene rings is 1. The molecule has 0 aromatic heterocycles. The Hall–Kier alpha value is -1.51. The van der Waals surface area contributed by atoms with Crippen LogP contribution in [0.1, 0.15) is 39.0 Å². The zero-order valence-corrected chi connectivity index (χ0v) is 11.6. The zero-order valence-electron chi connectivity index (χ0n) is 11.6. The minimum atomic E-state index is -0.701. The highest BCUT2D eigenvalue weighted by molar-refractivity contribution is 5.66. The lowest BCUT2D eigenvalue weighted by Gasteiger charge is -2.33. The lowest BCUT2D eigenvalue weighted by Crippen LogP contribution is -2.37. The van der Waals surface area contributed by atoms with Crippen molar-refractivity contribution in [1.82, 2.24) is 0 Å². The molecule has 0 bridgehead atoms. The molecular weight excluding hydrogens is 238 g/mol. The number of hydrogen-bond acceptors (Lipinski definition) is 2. The van der Waals surface area contributed by atoms with E-state index in [0.717, 1.165) is 18.9 Å². The molecule has 0 amide bonds. The van der Waals surface area contributed by atoms with E-state index in [9.17, 15) is 4.79 Å². The lowest BCUT2D eigenvalue weighted by atomic mass is 10.1. The second-order valence-corrected chi connectivity index (χ2v) is 5.34. The van der Waals surface area contributed by atoms with Crippen LogP contribution in [0.2, 0.25) is 0 Å². The van der Waals surface area contributed by atoms with Crippen molar-refractivity contribution < 1.29 is 9.90 Å². The molecular formula is C16H23NO2. The predicted octanol–water partition coefficient (Wildman–Crippen LogP) is 3.55. The molecule has 1 fully saturated rings. The topological polar surface area (TPSA) is 40.5 Å². The third-order valence-corrected chi connectivity index (χ3v) is 3.86. The summed E-state index contributed by atoms with van der Waals surface area (Å²) < 4.78 is 0. The number of anilines is 1. The second-order valence-electron chi connectivity index (χ2n) is 5.34. The van der Waals surface area contributed by atoms with Crippen LogP contribution >= 0.6 is 0 Å². The van der Waals surface area contributed by atoms with Crippen LogP contribution in [0.3, 0.4) is 0 Å². The molecule has 3 heteroatoms. The van der Waals surface area contributed by atoms with Gasteiger partial charge in [-0.1, -0.05) is 25.1 Å². The van der Waals surface area contributed by atoms with Crippen LogP contribution < -0.4 is 4.90 Å². The summed E-state index contributed by atoms with van der Waals surface area (Å²) >= 11 is 0. The SMILES string of the molecule is CCC(C1CC1)N(CCCC(=O)O)c1ccccc1. The van der Waals surface area contributed by atoms with Crippen molar-refractivity contribution in [3.8, 4) is 0 Å². The van der Waals surface area contributed by atoms with Crippen molar-refractivity contribution in [2.75, 3.05) is 11.4 Å². The van der Waals surface area contributed by atoms with Gasteiger partial charge in [0, 0.05) is 24.7 Å². The fraction of sp³-hybridized carbons (Fsp3) is 0.562. The van der Waals surface area contributed by atoms with Crippen molar-refractivity contribution >= 4 is 11.7 Å². The molecule has 1 atom stereocenters. The van der Waals surface area contributed by atoms with Gasteiger partial charge in [-0.2, -0.15) is 0 Å². The summed E-state index contributed by atoms with van der Waals surface area (Å²) in [5.74, 6) is 0.0996. The molecule has 0 heterocycles. The van der Waals surface area contributed by atoms with E-state index in [1.54, 1.807) is 0 Å². The molecule has 19 heavy (non-hydrogen) atoms. The van der Waals surface area contributed by atoms with Crippen LogP contribution in [0, 0.1) is 5.92 Å². The quantitative estimate of drug-likeness (QED) is 0.778. The average molecular weight is 261 g/mol. The second kappa shape index (κ2) is 6.60. The maximum atomic E-state index is 10.7. The zero-order chi connectivity index (χ0) is 13.7. The fourth-order valence-corrected chi connectivity index (χ4v) is 2.80. The molecule has 1 aliphatic rings. The van der Waals surface area contributed by atoms with Gasteiger partial charge in [0.25, 0.3) is 0 Å². The maximum absolute atomic E-state index is 10.7. The van der Waals surface area contributed by atoms with Gasteiger partial charge in [-0.05, 0) is 43.7 Å². The molecule has 1 aliphatic carbocycles. The lowest BCUT2D eigenvalue weighted by molar-refractivity contribution is -0.137. The first-order chi connectivity index (χ1) is 9.22. The summed E-state index contributed by atoms with van der Waals surface area (Å²) in [4.78, 5) is 13.1. The number of hydrogen-bond donors (Lipinski definition) is 1. The van der Waals surface area contributed by atoms with Crippen LogP contribution in [0.25, 0.3) is 0 Å². The summed E-state index contributed by atoms with van der Waals surface area (Å²) in [6.45, 7) is 3.07. The first-order valence-electron chi connectivity index (χ1n) is 7.26. The molecule has 0 spiro atoms. The summed E-state index contributed by atoms with van der Waals surface area (Å²) in [7, 11) is 0. The largest absolute Gasteiger partial charge is 0.481 e. The summed E-state index contributed by atoms with van der Waals surface area (Å²) in [6.07, 6.45) is 4.74. The molecule has 1 unspecified atom stereocenters. The van der Waals surface area contributed by atoms with Gasteiger partial charge >= 0.3 is 5.97 Å². The van der Waals surface area contributed by atoms with Crippen molar-refractivity contribution in [3.63, 3.8) is 0 Å². The van der Waals surface area contributed by atoms with Crippen LogP contribution in [-0.2, 0) is 4.79 Å². The van der Waals surface area contributed by atoms with E-state index < -0.39 is 5.97 Å². The number of rotatable bonds is 8. The van der Waals surface area contributed by atoms with Crippen molar-refractivity contribution in [2.24, 2.45) is 5.92 Å². The molecule has 1 aromatic rings. The van der Waals surface area contributed by atoms with E-state index in [1.165, 1.54) is 18.5 Å². The van der Waals surface area contributed by atoms with E-state index in [1.807, 2.05) is 6.07 Å². The normalized spacial score (nSPS) is 16.1. The fourth-order valence-electron chi connectivity index (χ4n) is 2.80. The molecule has 3 nitrogen and oxygen atoms in total. The Bertz CT molecular complexity index is 400. The minimum absolute atomic E-state index is 0.254. The minimum Gasteiger partial charge on any atom is -0.481 e. The van der Waals surface area contributed by atoms with Gasteiger partial charge < -0.3 is 10.0 Å². The number of aliphatic carboxylic acids is 1. The monoisotopic (exact) mass is 261 g/mol. The van der Waals surface area contributed by atoms with E-state index in [2.05, 4.69) is 36.1 Å². The Balaban J connectivity index is 2.05. The molecule has 0 saturated heterocycles. The first-order valence-corrected chi connectivity index (χ1v) is 7.26. The molecule has 104 valence electrons. The van der Waals surface area contributed by atoms with Crippen molar-refractivity contribution in [3.05, 3.63) is 30.3 Å². The summed E-state index contributed by atoms with van der Waals surface area (Å²) in [6, 6.07) is 11.0. The molecule has 1 saturated carbocycles. The van der Waals surface area contributed by atoms with Gasteiger partial charge in [0.15, 0.2) is 0 Å². The smallest absolute Gasteiger partial charge is 0.303 e. The Morgan fingerprint density at radius 3 is 2.58 bits per heavy atom. The molecule has 1 N–H and O–H groups in total. The Morgan fingerprint density at radius 2 is 2.05 bits per heavy atom. The van der Waals surface area contributed by atoms with Gasteiger partial charge in [0.2, 0.25) is 0 Å². The third kappa shape index (κ3) is 3.98. The number of nitrogens with zero attached hydrogens (tertiary/aromatic N) is 1. The van der Waals surface area contributed by atoms with E-state index >= 15 is 0 Å². The highest BCUT2D eigenvalue weighted by Crippen LogP contribution is 2.38. The number of carbonyl (C=O) groups is 1. The first kappa shape index (κ1) is 13.9. The molecule has 0 radical (unpaired) electrons. The standard InChI is InChI=1S/C16H23NO2/c1-2-15(13-10-11-13)17(12-6-9-16(18)19)14-7-4-3-5-8-14/h3-5,7-8,13,15H,2,6,9-12H2,1H3,(H,18,19). The Labute approximate surface area is 115 Å². The summed E-state index contributed by atoms with van der Waals surface area (Å²) in [5, 5.41) is 8.80. The van der Waals surface area contributed by atoms with Crippen LogP contribution in [0.4, 0.5) is 5.69 Å². The van der Waals surface area contributed by atoms with Crippen LogP contribution in [0.5, 0.6) is 0 Å². The highest BCUT2D eigenvalue weighted by atomic mass is 16.4. The van der Waals surface area contributed by atoms with Crippen LogP contribution in [0.15, 0.2) is 30.3 Å². The third-order valence-electron chi connectivity index (χ3n) is 3.86. The van der Waals surface area contributed by atoms with Gasteiger partial charge in [-0.25, -0.2) is 0 Å². The highest BCUT2D eigenvalue weighted by Gasteiger charge is 2.33. The van der Waals surface area contributed by atoms with E-state index in [-0.39, 0.29) is 6.42 Å². The number of para-hydroxylation sites is 1. The summed E-state index contributed by atoms with van der Waals surface area (Å²) in [5.41, 5.74) is 1.23. The van der Waals surface area contributed by atoms with Gasteiger partial charge in [0.1, 0.15) is 0 Å². The average Bonchev–Trinajstić information content (AvgIpc) is 3.23. The Kier molecular flexibility index (Phi) is 4.83. The number of carboxylic acids is 1. The Morgan fingerprint density at radius 1 is 1.37 bits per heavy atom.